The second kappa shape index (κ2) is 9.94. The smallest absolute Gasteiger partial charge is 0.408 e. The first-order valence-corrected chi connectivity index (χ1v) is 11.0. The first kappa shape index (κ1) is 23.4. The van der Waals surface area contributed by atoms with Crippen molar-refractivity contribution in [2.45, 2.75) is 45.8 Å². The maximum absolute atomic E-state index is 13.4. The number of carbonyl (C=O) groups is 2. The Bertz CT molecular complexity index is 929. The minimum atomic E-state index is -0.751. The summed E-state index contributed by atoms with van der Waals surface area (Å²) in [5, 5.41) is 12.3. The van der Waals surface area contributed by atoms with E-state index in [4.69, 9.17) is 4.74 Å². The van der Waals surface area contributed by atoms with Crippen molar-refractivity contribution in [2.24, 2.45) is 0 Å². The Labute approximate surface area is 190 Å². The molecule has 2 aromatic carbocycles. The summed E-state index contributed by atoms with van der Waals surface area (Å²) in [6, 6.07) is 14.1. The van der Waals surface area contributed by atoms with Gasteiger partial charge in [0.1, 0.15) is 17.4 Å². The highest BCUT2D eigenvalue weighted by atomic mass is 16.6. The molecule has 1 heterocycles. The molecule has 2 amide bonds. The highest BCUT2D eigenvalue weighted by Crippen LogP contribution is 2.21. The Balaban J connectivity index is 1.69. The highest BCUT2D eigenvalue weighted by Gasteiger charge is 2.30. The fourth-order valence-electron chi connectivity index (χ4n) is 3.82. The van der Waals surface area contributed by atoms with E-state index in [1.165, 1.54) is 11.3 Å². The van der Waals surface area contributed by atoms with Gasteiger partial charge in [0.2, 0.25) is 5.91 Å². The number of ether oxygens (including phenoxy) is 1. The number of nitrogens with one attached hydrogen (secondary N) is 1. The van der Waals surface area contributed by atoms with Gasteiger partial charge in [-0.25, -0.2) is 4.79 Å². The third-order valence-electron chi connectivity index (χ3n) is 5.41. The summed E-state index contributed by atoms with van der Waals surface area (Å²) in [6.45, 7) is 10.1. The summed E-state index contributed by atoms with van der Waals surface area (Å²) in [5.74, 6) is 0.0254. The van der Waals surface area contributed by atoms with Gasteiger partial charge in [-0.05, 0) is 57.0 Å². The lowest BCUT2D eigenvalue weighted by Crippen LogP contribution is -2.56. The zero-order valence-corrected chi connectivity index (χ0v) is 19.3. The molecule has 0 unspecified atom stereocenters. The van der Waals surface area contributed by atoms with Gasteiger partial charge in [0.25, 0.3) is 0 Å². The average Bonchev–Trinajstić information content (AvgIpc) is 2.73. The van der Waals surface area contributed by atoms with Crippen molar-refractivity contribution in [3.63, 3.8) is 0 Å². The van der Waals surface area contributed by atoms with Gasteiger partial charge in [0.05, 0.1) is 0 Å². The number of aromatic hydroxyl groups is 1. The quantitative estimate of drug-likeness (QED) is 0.745. The lowest BCUT2D eigenvalue weighted by atomic mass is 10.0. The normalized spacial score (nSPS) is 15.2. The Morgan fingerprint density at radius 1 is 1.03 bits per heavy atom. The molecule has 7 heteroatoms. The van der Waals surface area contributed by atoms with Crippen molar-refractivity contribution in [2.75, 3.05) is 31.1 Å². The molecule has 0 saturated carbocycles. The molecule has 2 aromatic rings. The Morgan fingerprint density at radius 3 is 2.25 bits per heavy atom. The molecule has 32 heavy (non-hydrogen) atoms. The molecule has 2 N–H and O–H groups in total. The van der Waals surface area contributed by atoms with E-state index in [2.05, 4.69) is 29.3 Å². The van der Waals surface area contributed by atoms with E-state index in [1.54, 1.807) is 49.9 Å². The Kier molecular flexibility index (Phi) is 7.28. The second-order valence-electron chi connectivity index (χ2n) is 9.17. The monoisotopic (exact) mass is 439 g/mol. The van der Waals surface area contributed by atoms with Crippen LogP contribution in [0.2, 0.25) is 0 Å². The third kappa shape index (κ3) is 6.39. The van der Waals surface area contributed by atoms with E-state index >= 15 is 0 Å². The SMILES string of the molecule is Cc1ccccc1N1CCN(C(=O)[C@H](Cc2ccc(O)cc2)NC(=O)OC(C)(C)C)CC1. The number of piperazine rings is 1. The molecule has 1 atom stereocenters. The van der Waals surface area contributed by atoms with Gasteiger partial charge < -0.3 is 25.0 Å². The molecule has 0 aliphatic carbocycles. The van der Waals surface area contributed by atoms with Crippen molar-refractivity contribution in [1.29, 1.82) is 0 Å². The molecule has 172 valence electrons. The number of para-hydroxylation sites is 1. The average molecular weight is 440 g/mol. The van der Waals surface area contributed by atoms with Gasteiger partial charge in [-0.2, -0.15) is 0 Å². The lowest BCUT2D eigenvalue weighted by molar-refractivity contribution is -0.133. The topological polar surface area (TPSA) is 82.1 Å². The fraction of sp³-hybridized carbons (Fsp3) is 0.440. The number of amides is 2. The minimum absolute atomic E-state index is 0.131. The number of hydrogen-bond donors (Lipinski definition) is 2. The first-order chi connectivity index (χ1) is 15.1. The van der Waals surface area contributed by atoms with Crippen LogP contribution in [0.4, 0.5) is 10.5 Å². The summed E-state index contributed by atoms with van der Waals surface area (Å²) < 4.78 is 5.38. The number of carbonyl (C=O) groups excluding carboxylic acids is 2. The molecule has 0 bridgehead atoms. The van der Waals surface area contributed by atoms with Crippen LogP contribution >= 0.6 is 0 Å². The number of anilines is 1. The zero-order valence-electron chi connectivity index (χ0n) is 19.3. The molecular formula is C25H33N3O4. The van der Waals surface area contributed by atoms with E-state index in [9.17, 15) is 14.7 Å². The molecule has 0 spiro atoms. The summed E-state index contributed by atoms with van der Waals surface area (Å²) in [5.41, 5.74) is 2.59. The van der Waals surface area contributed by atoms with Gasteiger partial charge in [-0.3, -0.25) is 4.79 Å². The van der Waals surface area contributed by atoms with Crippen molar-refractivity contribution >= 4 is 17.7 Å². The van der Waals surface area contributed by atoms with E-state index < -0.39 is 17.7 Å². The van der Waals surface area contributed by atoms with Crippen LogP contribution < -0.4 is 10.2 Å². The highest BCUT2D eigenvalue weighted by molar-refractivity contribution is 5.86. The fourth-order valence-corrected chi connectivity index (χ4v) is 3.82. The number of hydrogen-bond acceptors (Lipinski definition) is 5. The van der Waals surface area contributed by atoms with Gasteiger partial charge in [0, 0.05) is 38.3 Å². The zero-order chi connectivity index (χ0) is 23.3. The van der Waals surface area contributed by atoms with Gasteiger partial charge in [-0.1, -0.05) is 30.3 Å². The Morgan fingerprint density at radius 2 is 1.66 bits per heavy atom. The van der Waals surface area contributed by atoms with Crippen LogP contribution in [0.25, 0.3) is 0 Å². The van der Waals surface area contributed by atoms with Crippen molar-refractivity contribution in [3.05, 3.63) is 59.7 Å². The predicted molar refractivity (Wildman–Crippen MR) is 125 cm³/mol. The van der Waals surface area contributed by atoms with Crippen LogP contribution in [0.15, 0.2) is 48.5 Å². The predicted octanol–water partition coefficient (Wildman–Crippen LogP) is 3.49. The number of aryl methyl sites for hydroxylation is 1. The lowest BCUT2D eigenvalue weighted by Gasteiger charge is -2.38. The van der Waals surface area contributed by atoms with Gasteiger partial charge in [0.15, 0.2) is 0 Å². The van der Waals surface area contributed by atoms with Gasteiger partial charge >= 0.3 is 6.09 Å². The maximum Gasteiger partial charge on any atom is 0.408 e. The van der Waals surface area contributed by atoms with Crippen LogP contribution in [0.1, 0.15) is 31.9 Å². The second-order valence-corrected chi connectivity index (χ2v) is 9.17. The third-order valence-corrected chi connectivity index (χ3v) is 5.41. The summed E-state index contributed by atoms with van der Waals surface area (Å²) in [6.07, 6.45) is -0.302. The first-order valence-electron chi connectivity index (χ1n) is 11.0. The molecule has 1 saturated heterocycles. The Hall–Kier alpha value is -3.22. The molecule has 0 aromatic heterocycles. The molecule has 1 aliphatic rings. The number of alkyl carbamates (subject to hydrolysis) is 1. The van der Waals surface area contributed by atoms with E-state index in [0.29, 0.717) is 19.5 Å². The van der Waals surface area contributed by atoms with Gasteiger partial charge in [-0.15, -0.1) is 0 Å². The minimum Gasteiger partial charge on any atom is -0.508 e. The van der Waals surface area contributed by atoms with Crippen LogP contribution in [0.3, 0.4) is 0 Å². The number of nitrogens with zero attached hydrogens (tertiary/aromatic N) is 2. The number of phenolic OH excluding ortho intramolecular Hbond substituents is 1. The molecule has 3 rings (SSSR count). The van der Waals surface area contributed by atoms with Crippen LogP contribution in [0.5, 0.6) is 5.75 Å². The molecular weight excluding hydrogens is 406 g/mol. The van der Waals surface area contributed by atoms with Crippen molar-refractivity contribution in [3.8, 4) is 5.75 Å². The molecule has 1 aliphatic heterocycles. The maximum atomic E-state index is 13.4. The summed E-state index contributed by atoms with van der Waals surface area (Å²) in [4.78, 5) is 29.9. The number of phenols is 1. The van der Waals surface area contributed by atoms with E-state index in [-0.39, 0.29) is 11.7 Å². The molecule has 1 fully saturated rings. The van der Waals surface area contributed by atoms with E-state index in [0.717, 1.165) is 18.7 Å². The largest absolute Gasteiger partial charge is 0.508 e. The molecule has 0 radical (unpaired) electrons. The number of benzene rings is 2. The van der Waals surface area contributed by atoms with Crippen molar-refractivity contribution in [1.82, 2.24) is 10.2 Å². The molecule has 7 nitrogen and oxygen atoms in total. The summed E-state index contributed by atoms with van der Waals surface area (Å²) >= 11 is 0. The van der Waals surface area contributed by atoms with Crippen molar-refractivity contribution < 1.29 is 19.4 Å². The van der Waals surface area contributed by atoms with Crippen LogP contribution in [0, 0.1) is 6.92 Å². The number of rotatable bonds is 5. The van der Waals surface area contributed by atoms with Crippen LogP contribution in [-0.4, -0.2) is 59.8 Å². The summed E-state index contributed by atoms with van der Waals surface area (Å²) in [7, 11) is 0. The van der Waals surface area contributed by atoms with E-state index in [1.807, 2.05) is 12.1 Å². The van der Waals surface area contributed by atoms with Crippen LogP contribution in [-0.2, 0) is 16.0 Å². The standard InChI is InChI=1S/C25H33N3O4/c1-18-7-5-6-8-22(18)27-13-15-28(16-14-27)23(30)21(26-24(31)32-25(2,3)4)17-19-9-11-20(29)12-10-19/h5-12,21,29H,13-17H2,1-4H3,(H,26,31)/t21-/m0/s1.